The molecule has 3 aromatic carbocycles. The summed E-state index contributed by atoms with van der Waals surface area (Å²) in [6, 6.07) is 15.2. The minimum atomic E-state index is -4.87. The molecule has 0 aliphatic heterocycles. The number of carbonyl (C=O) groups is 1. The Morgan fingerprint density at radius 2 is 1.74 bits per heavy atom. The van der Waals surface area contributed by atoms with Gasteiger partial charge in [0.1, 0.15) is 5.82 Å². The van der Waals surface area contributed by atoms with Crippen molar-refractivity contribution >= 4 is 5.97 Å². The maximum atomic E-state index is 15.5. The third-order valence-electron chi connectivity index (χ3n) is 6.70. The molecule has 2 atom stereocenters. The first-order valence-corrected chi connectivity index (χ1v) is 13.2. The van der Waals surface area contributed by atoms with E-state index in [1.165, 1.54) is 32.2 Å². The number of halogens is 5. The Morgan fingerprint density at radius 3 is 2.40 bits per heavy atom. The number of carboxylic acid groups (broad SMARTS) is 1. The van der Waals surface area contributed by atoms with Crippen molar-refractivity contribution in [2.75, 3.05) is 7.11 Å². The monoisotopic (exact) mass is 607 g/mol. The number of alkyl halides is 3. The van der Waals surface area contributed by atoms with Gasteiger partial charge < -0.3 is 14.4 Å². The fourth-order valence-electron chi connectivity index (χ4n) is 4.61. The van der Waals surface area contributed by atoms with Crippen molar-refractivity contribution in [3.05, 3.63) is 101 Å². The molecule has 4 aromatic rings. The van der Waals surface area contributed by atoms with Gasteiger partial charge in [0.25, 0.3) is 0 Å². The molecule has 43 heavy (non-hydrogen) atoms. The van der Waals surface area contributed by atoms with Crippen molar-refractivity contribution in [3.63, 3.8) is 0 Å². The van der Waals surface area contributed by atoms with Crippen LogP contribution in [0.2, 0.25) is 0 Å². The van der Waals surface area contributed by atoms with Crippen LogP contribution in [-0.2, 0) is 23.9 Å². The minimum Gasteiger partial charge on any atom is -0.494 e. The Bertz CT molecular complexity index is 1600. The van der Waals surface area contributed by atoms with Crippen LogP contribution in [-0.4, -0.2) is 33.9 Å². The van der Waals surface area contributed by atoms with E-state index < -0.39 is 53.7 Å². The summed E-state index contributed by atoms with van der Waals surface area (Å²) in [7, 11) is 1.27. The fraction of sp³-hybridized carbons (Fsp3) is 0.300. The zero-order chi connectivity index (χ0) is 31.3. The van der Waals surface area contributed by atoms with Crippen LogP contribution in [0.5, 0.6) is 5.75 Å². The lowest BCUT2D eigenvalue weighted by Crippen LogP contribution is -2.37. The first kappa shape index (κ1) is 31.4. The number of rotatable bonds is 11. The number of benzene rings is 3. The molecule has 8 nitrogen and oxygen atoms in total. The lowest BCUT2D eigenvalue weighted by molar-refractivity contribution is -0.139. The number of hydrogen-bond acceptors (Lipinski definition) is 5. The molecule has 0 bridgehead atoms. The largest absolute Gasteiger partial charge is 0.494 e. The maximum Gasteiger partial charge on any atom is 0.416 e. The van der Waals surface area contributed by atoms with E-state index in [1.54, 1.807) is 37.3 Å². The van der Waals surface area contributed by atoms with E-state index in [-0.39, 0.29) is 35.6 Å². The van der Waals surface area contributed by atoms with Gasteiger partial charge in [0.05, 0.1) is 36.9 Å². The van der Waals surface area contributed by atoms with Crippen LogP contribution in [0.25, 0.3) is 11.3 Å². The van der Waals surface area contributed by atoms with Crippen molar-refractivity contribution in [1.29, 1.82) is 0 Å². The predicted octanol–water partition coefficient (Wildman–Crippen LogP) is 7.12. The van der Waals surface area contributed by atoms with Crippen LogP contribution in [0.4, 0.5) is 22.0 Å². The van der Waals surface area contributed by atoms with E-state index in [0.717, 1.165) is 33.4 Å². The van der Waals surface area contributed by atoms with Gasteiger partial charge in [0, 0.05) is 18.0 Å². The van der Waals surface area contributed by atoms with Crippen molar-refractivity contribution in [2.24, 2.45) is 0 Å². The molecular weight excluding hydrogens is 577 g/mol. The number of nitrogens with zero attached hydrogens (tertiary/aromatic N) is 2. The van der Waals surface area contributed by atoms with Crippen LogP contribution in [0.15, 0.2) is 75.9 Å². The van der Waals surface area contributed by atoms with Gasteiger partial charge in [-0.15, -0.1) is 0 Å². The van der Waals surface area contributed by atoms with E-state index in [2.05, 4.69) is 5.32 Å². The Labute approximate surface area is 243 Å². The van der Waals surface area contributed by atoms with E-state index in [4.69, 9.17) is 13.9 Å². The Kier molecular flexibility index (Phi) is 9.64. The van der Waals surface area contributed by atoms with Gasteiger partial charge in [0.15, 0.2) is 23.5 Å². The molecule has 13 heteroatoms. The normalized spacial score (nSPS) is 13.0. The first-order valence-electron chi connectivity index (χ1n) is 13.2. The Balaban J connectivity index is 1.94. The van der Waals surface area contributed by atoms with Crippen LogP contribution < -0.4 is 10.1 Å². The highest BCUT2D eigenvalue weighted by atomic mass is 19.4. The molecule has 0 amide bonds. The molecule has 0 saturated carbocycles. The van der Waals surface area contributed by atoms with E-state index >= 15 is 4.39 Å². The van der Waals surface area contributed by atoms with Gasteiger partial charge in [-0.3, -0.25) is 14.7 Å². The van der Waals surface area contributed by atoms with Crippen molar-refractivity contribution in [1.82, 2.24) is 15.0 Å². The molecule has 2 unspecified atom stereocenters. The second-order valence-electron chi connectivity index (χ2n) is 9.87. The summed E-state index contributed by atoms with van der Waals surface area (Å²) >= 11 is 0. The van der Waals surface area contributed by atoms with Gasteiger partial charge in [-0.05, 0) is 48.6 Å². The van der Waals surface area contributed by atoms with Crippen LogP contribution in [0.1, 0.15) is 41.9 Å². The molecule has 0 aliphatic carbocycles. The third kappa shape index (κ3) is 7.47. The second kappa shape index (κ2) is 13.2. The number of hydrogen-bond donors (Lipinski definition) is 2. The SMILES string of the molecule is COc1cccc(-c2on(C(Cc3ccccc3)NC(C)CC(=O)O)on(Cc3c(F)cccc3C(F)(F)F)c2C)c1F. The Hall–Kier alpha value is -4.52. The highest BCUT2D eigenvalue weighted by Gasteiger charge is 2.35. The summed E-state index contributed by atoms with van der Waals surface area (Å²) in [6.45, 7) is 2.31. The summed E-state index contributed by atoms with van der Waals surface area (Å²) in [5.74, 6) is -3.26. The van der Waals surface area contributed by atoms with Gasteiger partial charge in [0.2, 0.25) is 0 Å². The van der Waals surface area contributed by atoms with Gasteiger partial charge in [-0.2, -0.15) is 17.9 Å². The summed E-state index contributed by atoms with van der Waals surface area (Å²) in [4.78, 5) is 12.3. The van der Waals surface area contributed by atoms with Crippen molar-refractivity contribution in [2.45, 2.75) is 51.6 Å². The van der Waals surface area contributed by atoms with E-state index in [9.17, 15) is 27.5 Å². The zero-order valence-corrected chi connectivity index (χ0v) is 23.5. The van der Waals surface area contributed by atoms with Crippen LogP contribution >= 0.6 is 0 Å². The molecule has 0 aliphatic rings. The minimum absolute atomic E-state index is 0.0387. The lowest BCUT2D eigenvalue weighted by Gasteiger charge is -2.25. The quantitative estimate of drug-likeness (QED) is 0.176. The predicted molar refractivity (Wildman–Crippen MR) is 146 cm³/mol. The fourth-order valence-corrected chi connectivity index (χ4v) is 4.61. The molecule has 0 saturated heterocycles. The summed E-state index contributed by atoms with van der Waals surface area (Å²) in [5, 5.41) is 12.4. The molecule has 230 valence electrons. The third-order valence-corrected chi connectivity index (χ3v) is 6.70. The van der Waals surface area contributed by atoms with Gasteiger partial charge in [-0.1, -0.05) is 42.5 Å². The summed E-state index contributed by atoms with van der Waals surface area (Å²) in [6.07, 6.45) is -5.93. The second-order valence-corrected chi connectivity index (χ2v) is 9.87. The highest BCUT2D eigenvalue weighted by Crippen LogP contribution is 2.35. The zero-order valence-electron chi connectivity index (χ0n) is 23.5. The molecule has 1 heterocycles. The number of ether oxygens (including phenoxy) is 1. The standard InChI is InChI=1S/C30H30F5N3O5/c1-18(15-27(39)40)36-26(16-20-9-5-4-6-10-20)38-42-29(21-11-7-14-25(41-3)28(21)32)19(2)37(43-38)17-22-23(30(33,34)35)12-8-13-24(22)31/h4-14,18,26,36H,15-17H2,1-3H3,(H,39,40). The Morgan fingerprint density at radius 1 is 1.05 bits per heavy atom. The smallest absolute Gasteiger partial charge is 0.416 e. The van der Waals surface area contributed by atoms with Crippen molar-refractivity contribution in [3.8, 4) is 17.1 Å². The maximum absolute atomic E-state index is 15.5. The number of carboxylic acids is 1. The average Bonchev–Trinajstić information content (AvgIpc) is 2.94. The summed E-state index contributed by atoms with van der Waals surface area (Å²) in [5.41, 5.74) is -1.19. The number of methoxy groups -OCH3 is 1. The average molecular weight is 608 g/mol. The number of nitrogens with one attached hydrogen (secondary N) is 1. The molecule has 2 N–H and O–H groups in total. The molecule has 0 radical (unpaired) electrons. The van der Waals surface area contributed by atoms with Crippen molar-refractivity contribution < 1.29 is 45.7 Å². The topological polar surface area (TPSA) is 94.7 Å². The van der Waals surface area contributed by atoms with E-state index in [1.807, 2.05) is 0 Å². The summed E-state index contributed by atoms with van der Waals surface area (Å²) < 4.78 is 89.9. The molecule has 0 fully saturated rings. The number of aliphatic carboxylic acids is 1. The molecular formula is C30H30F5N3O5. The lowest BCUT2D eigenvalue weighted by atomic mass is 10.1. The van der Waals surface area contributed by atoms with Crippen LogP contribution in [0, 0.1) is 18.6 Å². The van der Waals surface area contributed by atoms with Gasteiger partial charge >= 0.3 is 12.1 Å². The van der Waals surface area contributed by atoms with Crippen LogP contribution in [0.3, 0.4) is 0 Å². The molecule has 1 aromatic heterocycles. The highest BCUT2D eigenvalue weighted by molar-refractivity contribution is 5.67. The molecule has 4 rings (SSSR count). The van der Waals surface area contributed by atoms with E-state index in [0.29, 0.717) is 0 Å². The van der Waals surface area contributed by atoms with Gasteiger partial charge in [-0.25, -0.2) is 8.78 Å². The molecule has 0 spiro atoms. The number of aromatic nitrogens is 2. The first-order chi connectivity index (χ1) is 20.4.